The molecule has 1 saturated carbocycles. The van der Waals surface area contributed by atoms with Crippen LogP contribution in [0.3, 0.4) is 0 Å². The molecule has 18 heavy (non-hydrogen) atoms. The summed E-state index contributed by atoms with van der Waals surface area (Å²) in [4.78, 5) is 11.2. The average molecular weight is 313 g/mol. The van der Waals surface area contributed by atoms with Crippen LogP contribution in [-0.4, -0.2) is 17.7 Å². The van der Waals surface area contributed by atoms with Crippen LogP contribution in [0.5, 0.6) is 5.75 Å². The molecule has 0 heterocycles. The van der Waals surface area contributed by atoms with E-state index in [-0.39, 0.29) is 5.56 Å². The maximum absolute atomic E-state index is 11.2. The Morgan fingerprint density at radius 3 is 2.72 bits per heavy atom. The third kappa shape index (κ3) is 3.05. The zero-order valence-electron chi connectivity index (χ0n) is 10.4. The average Bonchev–Trinajstić information content (AvgIpc) is 2.79. The van der Waals surface area contributed by atoms with E-state index < -0.39 is 5.97 Å². The Hall–Kier alpha value is -1.03. The van der Waals surface area contributed by atoms with E-state index in [0.717, 1.165) is 10.0 Å². The molecule has 0 saturated heterocycles. The molecule has 0 aromatic heterocycles. The molecule has 0 unspecified atom stereocenters. The molecular weight excluding hydrogens is 296 g/mol. The molecule has 0 spiro atoms. The summed E-state index contributed by atoms with van der Waals surface area (Å²) in [5.41, 5.74) is 1.10. The van der Waals surface area contributed by atoms with Crippen LogP contribution >= 0.6 is 15.9 Å². The van der Waals surface area contributed by atoms with Crippen LogP contribution in [0.1, 0.15) is 41.6 Å². The molecule has 98 valence electrons. The number of hydrogen-bond donors (Lipinski definition) is 1. The first-order chi connectivity index (χ1) is 8.58. The van der Waals surface area contributed by atoms with Gasteiger partial charge in [0, 0.05) is 4.47 Å². The molecule has 1 aliphatic carbocycles. The minimum Gasteiger partial charge on any atom is -0.492 e. The monoisotopic (exact) mass is 312 g/mol. The Morgan fingerprint density at radius 1 is 1.44 bits per heavy atom. The van der Waals surface area contributed by atoms with Crippen molar-refractivity contribution in [3.63, 3.8) is 0 Å². The van der Waals surface area contributed by atoms with Crippen LogP contribution in [0.2, 0.25) is 0 Å². The lowest BCUT2D eigenvalue weighted by molar-refractivity contribution is 0.0691. The number of hydrogen-bond acceptors (Lipinski definition) is 2. The van der Waals surface area contributed by atoms with E-state index in [0.29, 0.717) is 18.3 Å². The van der Waals surface area contributed by atoms with Gasteiger partial charge in [-0.2, -0.15) is 0 Å². The number of benzene rings is 1. The van der Waals surface area contributed by atoms with Gasteiger partial charge in [-0.15, -0.1) is 0 Å². The van der Waals surface area contributed by atoms with E-state index in [4.69, 9.17) is 4.74 Å². The normalized spacial score (nSPS) is 15.9. The number of carbonyl (C=O) groups is 1. The fraction of sp³-hybridized carbons (Fsp3) is 0.500. The number of carboxylic acids is 1. The molecule has 3 nitrogen and oxygen atoms in total. The highest BCUT2D eigenvalue weighted by molar-refractivity contribution is 9.10. The number of carboxylic acid groups (broad SMARTS) is 1. The van der Waals surface area contributed by atoms with Crippen LogP contribution in [0.4, 0.5) is 0 Å². The summed E-state index contributed by atoms with van der Waals surface area (Å²) in [6, 6.07) is 3.48. The SMILES string of the molecule is Cc1cc(Br)cc(C(=O)O)c1OCC1CCCC1. The molecule has 1 aliphatic rings. The summed E-state index contributed by atoms with van der Waals surface area (Å²) in [6.45, 7) is 2.50. The minimum absolute atomic E-state index is 0.236. The van der Waals surface area contributed by atoms with E-state index in [9.17, 15) is 9.90 Å². The van der Waals surface area contributed by atoms with E-state index in [2.05, 4.69) is 15.9 Å². The van der Waals surface area contributed by atoms with Crippen molar-refractivity contribution in [1.82, 2.24) is 0 Å². The predicted octanol–water partition coefficient (Wildman–Crippen LogP) is 4.02. The Kier molecular flexibility index (Phi) is 4.27. The largest absolute Gasteiger partial charge is 0.492 e. The van der Waals surface area contributed by atoms with Crippen molar-refractivity contribution in [3.05, 3.63) is 27.7 Å². The van der Waals surface area contributed by atoms with Gasteiger partial charge in [0.2, 0.25) is 0 Å². The van der Waals surface area contributed by atoms with Crippen LogP contribution < -0.4 is 4.74 Å². The van der Waals surface area contributed by atoms with Gasteiger partial charge in [-0.05, 0) is 43.4 Å². The lowest BCUT2D eigenvalue weighted by atomic mass is 10.1. The molecular formula is C14H17BrO3. The fourth-order valence-corrected chi connectivity index (χ4v) is 3.03. The zero-order chi connectivity index (χ0) is 13.1. The summed E-state index contributed by atoms with van der Waals surface area (Å²) in [6.07, 6.45) is 4.91. The first kappa shape index (κ1) is 13.4. The quantitative estimate of drug-likeness (QED) is 0.913. The number of aryl methyl sites for hydroxylation is 1. The van der Waals surface area contributed by atoms with Gasteiger partial charge in [0.25, 0.3) is 0 Å². The van der Waals surface area contributed by atoms with Crippen molar-refractivity contribution < 1.29 is 14.6 Å². The maximum Gasteiger partial charge on any atom is 0.339 e. The Labute approximate surface area is 115 Å². The molecule has 4 heteroatoms. The van der Waals surface area contributed by atoms with E-state index in [1.807, 2.05) is 13.0 Å². The number of rotatable bonds is 4. The lowest BCUT2D eigenvalue weighted by Crippen LogP contribution is -2.12. The first-order valence-electron chi connectivity index (χ1n) is 6.24. The zero-order valence-corrected chi connectivity index (χ0v) is 12.0. The summed E-state index contributed by atoms with van der Waals surface area (Å²) >= 11 is 3.31. The number of ether oxygens (including phenoxy) is 1. The molecule has 1 fully saturated rings. The minimum atomic E-state index is -0.944. The molecule has 1 aromatic carbocycles. The first-order valence-corrected chi connectivity index (χ1v) is 7.03. The van der Waals surface area contributed by atoms with Crippen molar-refractivity contribution in [2.75, 3.05) is 6.61 Å². The van der Waals surface area contributed by atoms with Gasteiger partial charge in [0.05, 0.1) is 6.61 Å². The van der Waals surface area contributed by atoms with Gasteiger partial charge >= 0.3 is 5.97 Å². The fourth-order valence-electron chi connectivity index (χ4n) is 2.46. The molecule has 0 aliphatic heterocycles. The van der Waals surface area contributed by atoms with Crippen LogP contribution in [-0.2, 0) is 0 Å². The van der Waals surface area contributed by atoms with Crippen molar-refractivity contribution >= 4 is 21.9 Å². The molecule has 1 N–H and O–H groups in total. The van der Waals surface area contributed by atoms with Crippen LogP contribution in [0, 0.1) is 12.8 Å². The van der Waals surface area contributed by atoms with Crippen LogP contribution in [0.15, 0.2) is 16.6 Å². The summed E-state index contributed by atoms with van der Waals surface area (Å²) in [5, 5.41) is 9.21. The van der Waals surface area contributed by atoms with Crippen molar-refractivity contribution in [1.29, 1.82) is 0 Å². The van der Waals surface area contributed by atoms with Gasteiger partial charge < -0.3 is 9.84 Å². The second kappa shape index (κ2) is 5.74. The Morgan fingerprint density at radius 2 is 2.11 bits per heavy atom. The molecule has 0 radical (unpaired) electrons. The highest BCUT2D eigenvalue weighted by atomic mass is 79.9. The smallest absolute Gasteiger partial charge is 0.339 e. The molecule has 1 aromatic rings. The Bertz CT molecular complexity index is 451. The van der Waals surface area contributed by atoms with Crippen molar-refractivity contribution in [2.24, 2.45) is 5.92 Å². The molecule has 0 amide bonds. The number of aromatic carboxylic acids is 1. The van der Waals surface area contributed by atoms with Crippen LogP contribution in [0.25, 0.3) is 0 Å². The van der Waals surface area contributed by atoms with Gasteiger partial charge in [-0.25, -0.2) is 4.79 Å². The standard InChI is InChI=1S/C14H17BrO3/c1-9-6-11(15)7-12(14(16)17)13(9)18-8-10-4-2-3-5-10/h6-7,10H,2-5,8H2,1H3,(H,16,17). The second-order valence-electron chi connectivity index (χ2n) is 4.87. The predicted molar refractivity (Wildman–Crippen MR) is 73.3 cm³/mol. The second-order valence-corrected chi connectivity index (χ2v) is 5.78. The highest BCUT2D eigenvalue weighted by Crippen LogP contribution is 2.31. The van der Waals surface area contributed by atoms with Crippen molar-refractivity contribution in [3.8, 4) is 5.75 Å². The Balaban J connectivity index is 2.17. The lowest BCUT2D eigenvalue weighted by Gasteiger charge is -2.15. The van der Waals surface area contributed by atoms with E-state index in [1.54, 1.807) is 6.07 Å². The van der Waals surface area contributed by atoms with E-state index >= 15 is 0 Å². The van der Waals surface area contributed by atoms with Gasteiger partial charge in [-0.1, -0.05) is 28.8 Å². The van der Waals surface area contributed by atoms with Gasteiger partial charge in [0.1, 0.15) is 11.3 Å². The summed E-state index contributed by atoms with van der Waals surface area (Å²) in [5.74, 6) is 0.146. The topological polar surface area (TPSA) is 46.5 Å². The van der Waals surface area contributed by atoms with E-state index in [1.165, 1.54) is 25.7 Å². The third-order valence-electron chi connectivity index (χ3n) is 3.41. The molecule has 0 atom stereocenters. The number of halogens is 1. The van der Waals surface area contributed by atoms with Crippen molar-refractivity contribution in [2.45, 2.75) is 32.6 Å². The summed E-state index contributed by atoms with van der Waals surface area (Å²) in [7, 11) is 0. The maximum atomic E-state index is 11.2. The summed E-state index contributed by atoms with van der Waals surface area (Å²) < 4.78 is 6.54. The van der Waals surface area contributed by atoms with Gasteiger partial charge in [-0.3, -0.25) is 0 Å². The molecule has 2 rings (SSSR count). The molecule has 0 bridgehead atoms. The highest BCUT2D eigenvalue weighted by Gasteiger charge is 2.19. The van der Waals surface area contributed by atoms with Gasteiger partial charge in [0.15, 0.2) is 0 Å². The third-order valence-corrected chi connectivity index (χ3v) is 3.87.